The van der Waals surface area contributed by atoms with Crippen LogP contribution in [0.25, 0.3) is 0 Å². The molecule has 1 aromatic carbocycles. The van der Waals surface area contributed by atoms with Gasteiger partial charge in [-0.1, -0.05) is 30.3 Å². The van der Waals surface area contributed by atoms with Crippen molar-refractivity contribution in [3.8, 4) is 0 Å². The third kappa shape index (κ3) is 5.51. The first-order valence-corrected chi connectivity index (χ1v) is 5.91. The zero-order valence-corrected chi connectivity index (χ0v) is 10.2. The summed E-state index contributed by atoms with van der Waals surface area (Å²) < 4.78 is 36.2. The van der Waals surface area contributed by atoms with Crippen molar-refractivity contribution in [1.82, 2.24) is 5.32 Å². The number of aliphatic hydroxyl groups excluding tert-OH is 1. The summed E-state index contributed by atoms with van der Waals surface area (Å²) in [6, 6.07) is 9.68. The van der Waals surface area contributed by atoms with Crippen molar-refractivity contribution in [3.63, 3.8) is 0 Å². The number of benzene rings is 1. The van der Waals surface area contributed by atoms with Crippen molar-refractivity contribution in [2.45, 2.75) is 38.1 Å². The number of hydrogen-bond acceptors (Lipinski definition) is 2. The number of aliphatic hydroxyl groups is 1. The quantitative estimate of drug-likeness (QED) is 0.824. The molecular formula is C13H18F3NO. The highest BCUT2D eigenvalue weighted by Gasteiger charge is 2.37. The van der Waals surface area contributed by atoms with Crippen LogP contribution < -0.4 is 5.32 Å². The van der Waals surface area contributed by atoms with E-state index in [0.29, 0.717) is 0 Å². The smallest absolute Gasteiger partial charge is 0.382 e. The highest BCUT2D eigenvalue weighted by Crippen LogP contribution is 2.19. The Morgan fingerprint density at radius 2 is 1.83 bits per heavy atom. The molecule has 18 heavy (non-hydrogen) atoms. The average molecular weight is 261 g/mol. The molecule has 0 fully saturated rings. The Hall–Kier alpha value is -1.07. The lowest BCUT2D eigenvalue weighted by Gasteiger charge is -2.19. The van der Waals surface area contributed by atoms with Gasteiger partial charge in [0.1, 0.15) is 0 Å². The van der Waals surface area contributed by atoms with Gasteiger partial charge in [-0.2, -0.15) is 13.2 Å². The van der Waals surface area contributed by atoms with Crippen LogP contribution in [0.4, 0.5) is 13.2 Å². The van der Waals surface area contributed by atoms with Gasteiger partial charge in [0.05, 0.1) is 0 Å². The molecule has 0 aliphatic rings. The van der Waals surface area contributed by atoms with Crippen LogP contribution in [0.1, 0.15) is 18.9 Å². The van der Waals surface area contributed by atoms with E-state index < -0.39 is 18.8 Å². The van der Waals surface area contributed by atoms with Crippen molar-refractivity contribution < 1.29 is 18.3 Å². The first kappa shape index (κ1) is 15.0. The van der Waals surface area contributed by atoms with Crippen molar-refractivity contribution in [2.24, 2.45) is 0 Å². The average Bonchev–Trinajstić information content (AvgIpc) is 2.33. The molecule has 0 bridgehead atoms. The van der Waals surface area contributed by atoms with Gasteiger partial charge < -0.3 is 10.4 Å². The minimum absolute atomic E-state index is 0.0674. The molecule has 0 spiro atoms. The van der Waals surface area contributed by atoms with Gasteiger partial charge in [-0.3, -0.25) is 0 Å². The van der Waals surface area contributed by atoms with Crippen molar-refractivity contribution in [2.75, 3.05) is 6.54 Å². The van der Waals surface area contributed by atoms with Crippen LogP contribution in [-0.2, 0) is 6.42 Å². The Morgan fingerprint density at radius 1 is 1.22 bits per heavy atom. The highest BCUT2D eigenvalue weighted by molar-refractivity contribution is 5.14. The highest BCUT2D eigenvalue weighted by atomic mass is 19.4. The van der Waals surface area contributed by atoms with E-state index in [2.05, 4.69) is 5.32 Å². The fourth-order valence-corrected chi connectivity index (χ4v) is 1.56. The van der Waals surface area contributed by atoms with Crippen molar-refractivity contribution in [1.29, 1.82) is 0 Å². The van der Waals surface area contributed by atoms with E-state index in [1.807, 2.05) is 37.3 Å². The fourth-order valence-electron chi connectivity index (χ4n) is 1.56. The van der Waals surface area contributed by atoms with E-state index in [1.54, 1.807) is 0 Å². The Balaban J connectivity index is 2.24. The van der Waals surface area contributed by atoms with Crippen molar-refractivity contribution >= 4 is 0 Å². The maximum absolute atomic E-state index is 12.1. The molecule has 2 unspecified atom stereocenters. The van der Waals surface area contributed by atoms with Gasteiger partial charge in [-0.25, -0.2) is 0 Å². The van der Waals surface area contributed by atoms with Crippen LogP contribution in [0.3, 0.4) is 0 Å². The minimum Gasteiger partial charge on any atom is -0.382 e. The van der Waals surface area contributed by atoms with E-state index in [0.717, 1.165) is 18.4 Å². The number of aryl methyl sites for hydroxylation is 1. The van der Waals surface area contributed by atoms with Gasteiger partial charge in [0.15, 0.2) is 6.10 Å². The second kappa shape index (κ2) is 6.75. The molecule has 0 saturated carbocycles. The van der Waals surface area contributed by atoms with E-state index >= 15 is 0 Å². The standard InChI is InChI=1S/C13H18F3NO/c1-10(17-9-12(18)13(14,15)16)7-8-11-5-3-2-4-6-11/h2-6,10,12,17-18H,7-9H2,1H3. The summed E-state index contributed by atoms with van der Waals surface area (Å²) in [5.41, 5.74) is 1.16. The summed E-state index contributed by atoms with van der Waals surface area (Å²) >= 11 is 0. The maximum atomic E-state index is 12.1. The third-order valence-corrected chi connectivity index (χ3v) is 2.75. The Bertz CT molecular complexity index is 340. The SMILES string of the molecule is CC(CCc1ccccc1)NCC(O)C(F)(F)F. The molecule has 5 heteroatoms. The molecule has 0 aromatic heterocycles. The Kier molecular flexibility index (Phi) is 5.62. The maximum Gasteiger partial charge on any atom is 0.415 e. The van der Waals surface area contributed by atoms with E-state index in [4.69, 9.17) is 5.11 Å². The summed E-state index contributed by atoms with van der Waals surface area (Å²) in [5, 5.41) is 11.5. The lowest BCUT2D eigenvalue weighted by Crippen LogP contribution is -2.41. The molecule has 0 radical (unpaired) electrons. The number of alkyl halides is 3. The summed E-state index contributed by atoms with van der Waals surface area (Å²) in [6.07, 6.45) is -5.31. The van der Waals surface area contributed by atoms with Gasteiger partial charge in [0, 0.05) is 12.6 Å². The van der Waals surface area contributed by atoms with E-state index in [-0.39, 0.29) is 6.04 Å². The van der Waals surface area contributed by atoms with Crippen molar-refractivity contribution in [3.05, 3.63) is 35.9 Å². The molecule has 0 heterocycles. The van der Waals surface area contributed by atoms with Crippen LogP contribution in [-0.4, -0.2) is 30.0 Å². The molecule has 2 atom stereocenters. The first-order chi connectivity index (χ1) is 8.39. The van der Waals surface area contributed by atoms with Gasteiger partial charge in [0.2, 0.25) is 0 Å². The Labute approximate surface area is 105 Å². The van der Waals surface area contributed by atoms with Gasteiger partial charge in [-0.15, -0.1) is 0 Å². The lowest BCUT2D eigenvalue weighted by atomic mass is 10.1. The lowest BCUT2D eigenvalue weighted by molar-refractivity contribution is -0.202. The second-order valence-corrected chi connectivity index (χ2v) is 4.39. The topological polar surface area (TPSA) is 32.3 Å². The predicted octanol–water partition coefficient (Wildman–Crippen LogP) is 2.52. The summed E-state index contributed by atoms with van der Waals surface area (Å²) in [6.45, 7) is 1.35. The van der Waals surface area contributed by atoms with E-state index in [9.17, 15) is 13.2 Å². The molecule has 102 valence electrons. The minimum atomic E-state index is -4.55. The number of rotatable bonds is 6. The molecule has 0 amide bonds. The normalized spacial score (nSPS) is 15.4. The van der Waals surface area contributed by atoms with Gasteiger partial charge in [-0.05, 0) is 25.3 Å². The van der Waals surface area contributed by atoms with Gasteiger partial charge >= 0.3 is 6.18 Å². The van der Waals surface area contributed by atoms with Crippen LogP contribution in [0.2, 0.25) is 0 Å². The zero-order chi connectivity index (χ0) is 13.6. The number of halogens is 3. The summed E-state index contributed by atoms with van der Waals surface area (Å²) in [4.78, 5) is 0. The molecular weight excluding hydrogens is 243 g/mol. The summed E-state index contributed by atoms with van der Waals surface area (Å²) in [7, 11) is 0. The molecule has 1 aromatic rings. The van der Waals surface area contributed by atoms with Crippen LogP contribution in [0, 0.1) is 0 Å². The fraction of sp³-hybridized carbons (Fsp3) is 0.538. The monoisotopic (exact) mass is 261 g/mol. The molecule has 0 aliphatic heterocycles. The Morgan fingerprint density at radius 3 is 2.39 bits per heavy atom. The number of hydrogen-bond donors (Lipinski definition) is 2. The van der Waals surface area contributed by atoms with Crippen LogP contribution in [0.15, 0.2) is 30.3 Å². The summed E-state index contributed by atoms with van der Waals surface area (Å²) in [5.74, 6) is 0. The first-order valence-electron chi connectivity index (χ1n) is 5.91. The molecule has 2 nitrogen and oxygen atoms in total. The van der Waals surface area contributed by atoms with E-state index in [1.165, 1.54) is 0 Å². The molecule has 0 aliphatic carbocycles. The second-order valence-electron chi connectivity index (χ2n) is 4.39. The third-order valence-electron chi connectivity index (χ3n) is 2.75. The van der Waals surface area contributed by atoms with Crippen LogP contribution in [0.5, 0.6) is 0 Å². The molecule has 2 N–H and O–H groups in total. The van der Waals surface area contributed by atoms with Crippen LogP contribution >= 0.6 is 0 Å². The molecule has 0 saturated heterocycles. The zero-order valence-electron chi connectivity index (χ0n) is 10.2. The molecule has 1 rings (SSSR count). The largest absolute Gasteiger partial charge is 0.415 e. The van der Waals surface area contributed by atoms with Gasteiger partial charge in [0.25, 0.3) is 0 Å². The number of nitrogens with one attached hydrogen (secondary N) is 1. The predicted molar refractivity (Wildman–Crippen MR) is 64.3 cm³/mol.